The lowest BCUT2D eigenvalue weighted by atomic mass is 9.90. The lowest BCUT2D eigenvalue weighted by Gasteiger charge is -2.38. The molecule has 1 fully saturated rings. The van der Waals surface area contributed by atoms with E-state index >= 15 is 0 Å². The molecule has 90 valence electrons. The summed E-state index contributed by atoms with van der Waals surface area (Å²) in [6.07, 6.45) is 4.00. The van der Waals surface area contributed by atoms with Crippen LogP contribution in [-0.2, 0) is 0 Å². The van der Waals surface area contributed by atoms with Gasteiger partial charge in [0.25, 0.3) is 0 Å². The molecule has 0 amide bonds. The van der Waals surface area contributed by atoms with Gasteiger partial charge < -0.3 is 10.2 Å². The summed E-state index contributed by atoms with van der Waals surface area (Å²) in [5.41, 5.74) is 1.41. The quantitative estimate of drug-likeness (QED) is 0.867. The number of nitrogens with one attached hydrogen (secondary N) is 1. The topological polar surface area (TPSA) is 15.3 Å². The smallest absolute Gasteiger partial charge is 0.0475 e. The van der Waals surface area contributed by atoms with Gasteiger partial charge in [-0.15, -0.1) is 0 Å². The fourth-order valence-corrected chi connectivity index (χ4v) is 3.34. The molecule has 1 saturated heterocycles. The second-order valence-corrected chi connectivity index (χ2v) is 5.54. The molecule has 1 aromatic heterocycles. The van der Waals surface area contributed by atoms with E-state index in [9.17, 15) is 0 Å². The summed E-state index contributed by atoms with van der Waals surface area (Å²) in [5, 5.41) is 7.88. The molecule has 2 unspecified atom stereocenters. The molecular weight excluding hydrogens is 216 g/mol. The summed E-state index contributed by atoms with van der Waals surface area (Å²) >= 11 is 1.79. The summed E-state index contributed by atoms with van der Waals surface area (Å²) < 4.78 is 0. The van der Waals surface area contributed by atoms with Gasteiger partial charge in [-0.05, 0) is 37.3 Å². The first-order valence-electron chi connectivity index (χ1n) is 6.28. The van der Waals surface area contributed by atoms with Crippen LogP contribution in [0.4, 0.5) is 5.69 Å². The Morgan fingerprint density at radius 1 is 1.50 bits per heavy atom. The lowest BCUT2D eigenvalue weighted by molar-refractivity contribution is 0.329. The zero-order chi connectivity index (χ0) is 11.4. The first-order valence-corrected chi connectivity index (χ1v) is 7.22. The molecule has 2 atom stereocenters. The van der Waals surface area contributed by atoms with Crippen LogP contribution in [-0.4, -0.2) is 26.2 Å². The summed E-state index contributed by atoms with van der Waals surface area (Å²) in [6.45, 7) is 4.69. The SMILES string of the molecule is CCCC1CC(NC)CN(c2ccsc2)C1. The van der Waals surface area contributed by atoms with E-state index in [0.29, 0.717) is 6.04 Å². The number of likely N-dealkylation sites (N-methyl/N-ethyl adjacent to an activating group) is 1. The number of hydrogen-bond acceptors (Lipinski definition) is 3. The van der Waals surface area contributed by atoms with Crippen molar-refractivity contribution in [2.45, 2.75) is 32.2 Å². The molecule has 1 aliphatic rings. The summed E-state index contributed by atoms with van der Waals surface area (Å²) in [7, 11) is 2.09. The Hall–Kier alpha value is -0.540. The molecule has 0 bridgehead atoms. The highest BCUT2D eigenvalue weighted by molar-refractivity contribution is 7.08. The van der Waals surface area contributed by atoms with E-state index in [1.54, 1.807) is 11.3 Å². The third-order valence-corrected chi connectivity index (χ3v) is 4.18. The third-order valence-electron chi connectivity index (χ3n) is 3.51. The van der Waals surface area contributed by atoms with Crippen LogP contribution in [0, 0.1) is 5.92 Å². The second-order valence-electron chi connectivity index (χ2n) is 4.76. The van der Waals surface area contributed by atoms with Crippen molar-refractivity contribution in [2.75, 3.05) is 25.0 Å². The number of anilines is 1. The van der Waals surface area contributed by atoms with E-state index in [1.807, 2.05) is 0 Å². The Morgan fingerprint density at radius 3 is 3.00 bits per heavy atom. The van der Waals surface area contributed by atoms with E-state index < -0.39 is 0 Å². The summed E-state index contributed by atoms with van der Waals surface area (Å²) in [6, 6.07) is 2.90. The van der Waals surface area contributed by atoms with Crippen LogP contribution in [0.2, 0.25) is 0 Å². The van der Waals surface area contributed by atoms with Crippen LogP contribution in [0.3, 0.4) is 0 Å². The molecule has 0 aromatic carbocycles. The van der Waals surface area contributed by atoms with Crippen molar-refractivity contribution in [3.8, 4) is 0 Å². The average molecular weight is 238 g/mol. The largest absolute Gasteiger partial charge is 0.369 e. The minimum atomic E-state index is 0.658. The monoisotopic (exact) mass is 238 g/mol. The van der Waals surface area contributed by atoms with Crippen LogP contribution >= 0.6 is 11.3 Å². The maximum atomic E-state index is 3.45. The van der Waals surface area contributed by atoms with Gasteiger partial charge in [0, 0.05) is 30.2 Å². The fourth-order valence-electron chi connectivity index (χ4n) is 2.68. The molecule has 3 heteroatoms. The molecule has 2 rings (SSSR count). The van der Waals surface area contributed by atoms with Crippen LogP contribution in [0.1, 0.15) is 26.2 Å². The van der Waals surface area contributed by atoms with E-state index in [2.05, 4.69) is 41.0 Å². The molecule has 0 radical (unpaired) electrons. The van der Waals surface area contributed by atoms with Crippen molar-refractivity contribution in [3.05, 3.63) is 16.8 Å². The van der Waals surface area contributed by atoms with Crippen molar-refractivity contribution in [2.24, 2.45) is 5.92 Å². The second kappa shape index (κ2) is 5.69. The molecule has 2 heterocycles. The Labute approximate surface area is 103 Å². The Balaban J connectivity index is 2.02. The van der Waals surface area contributed by atoms with Crippen molar-refractivity contribution in [3.63, 3.8) is 0 Å². The average Bonchev–Trinajstić information content (AvgIpc) is 2.82. The Morgan fingerprint density at radius 2 is 2.38 bits per heavy atom. The molecule has 0 aliphatic carbocycles. The molecular formula is C13H22N2S. The van der Waals surface area contributed by atoms with Crippen LogP contribution < -0.4 is 10.2 Å². The predicted molar refractivity (Wildman–Crippen MR) is 72.4 cm³/mol. The predicted octanol–water partition coefficient (Wildman–Crippen LogP) is 2.96. The number of hydrogen-bond donors (Lipinski definition) is 1. The van der Waals surface area contributed by atoms with E-state index in [1.165, 1.54) is 31.5 Å². The zero-order valence-corrected chi connectivity index (χ0v) is 11.1. The van der Waals surface area contributed by atoms with Gasteiger partial charge in [0.05, 0.1) is 0 Å². The van der Waals surface area contributed by atoms with Gasteiger partial charge in [-0.3, -0.25) is 0 Å². The number of thiophene rings is 1. The highest BCUT2D eigenvalue weighted by Crippen LogP contribution is 2.27. The molecule has 0 saturated carbocycles. The Kier molecular flexibility index (Phi) is 4.24. The van der Waals surface area contributed by atoms with E-state index in [-0.39, 0.29) is 0 Å². The van der Waals surface area contributed by atoms with Crippen molar-refractivity contribution < 1.29 is 0 Å². The molecule has 2 nitrogen and oxygen atoms in total. The molecule has 16 heavy (non-hydrogen) atoms. The number of nitrogens with zero attached hydrogens (tertiary/aromatic N) is 1. The van der Waals surface area contributed by atoms with Gasteiger partial charge in [-0.2, -0.15) is 11.3 Å². The maximum Gasteiger partial charge on any atom is 0.0475 e. The fraction of sp³-hybridized carbons (Fsp3) is 0.692. The molecule has 0 spiro atoms. The Bertz CT molecular complexity index is 297. The minimum absolute atomic E-state index is 0.658. The van der Waals surface area contributed by atoms with Gasteiger partial charge in [0.1, 0.15) is 0 Å². The van der Waals surface area contributed by atoms with Gasteiger partial charge in [-0.25, -0.2) is 0 Å². The van der Waals surface area contributed by atoms with E-state index in [0.717, 1.165) is 12.5 Å². The lowest BCUT2D eigenvalue weighted by Crippen LogP contribution is -2.48. The highest BCUT2D eigenvalue weighted by atomic mass is 32.1. The number of piperidine rings is 1. The van der Waals surface area contributed by atoms with Crippen LogP contribution in [0.5, 0.6) is 0 Å². The van der Waals surface area contributed by atoms with Crippen molar-refractivity contribution >= 4 is 17.0 Å². The van der Waals surface area contributed by atoms with E-state index in [4.69, 9.17) is 0 Å². The van der Waals surface area contributed by atoms with Crippen LogP contribution in [0.15, 0.2) is 16.8 Å². The maximum absolute atomic E-state index is 3.45. The molecule has 1 aromatic rings. The minimum Gasteiger partial charge on any atom is -0.369 e. The molecule has 1 N–H and O–H groups in total. The third kappa shape index (κ3) is 2.77. The van der Waals surface area contributed by atoms with Gasteiger partial charge in [0.2, 0.25) is 0 Å². The van der Waals surface area contributed by atoms with Crippen molar-refractivity contribution in [1.29, 1.82) is 0 Å². The van der Waals surface area contributed by atoms with Crippen LogP contribution in [0.25, 0.3) is 0 Å². The number of rotatable bonds is 4. The molecule has 1 aliphatic heterocycles. The normalized spacial score (nSPS) is 26.0. The summed E-state index contributed by atoms with van der Waals surface area (Å²) in [5.74, 6) is 0.857. The summed E-state index contributed by atoms with van der Waals surface area (Å²) in [4.78, 5) is 2.54. The van der Waals surface area contributed by atoms with Crippen molar-refractivity contribution in [1.82, 2.24) is 5.32 Å². The van der Waals surface area contributed by atoms with Gasteiger partial charge in [0.15, 0.2) is 0 Å². The van der Waals surface area contributed by atoms with Gasteiger partial charge >= 0.3 is 0 Å². The first kappa shape index (κ1) is 11.9. The standard InChI is InChI=1S/C13H22N2S/c1-3-4-11-7-12(14-2)9-15(8-11)13-5-6-16-10-13/h5-6,10-12,14H,3-4,7-9H2,1-2H3. The highest BCUT2D eigenvalue weighted by Gasteiger charge is 2.25. The first-order chi connectivity index (χ1) is 7.83. The zero-order valence-electron chi connectivity index (χ0n) is 10.3. The van der Waals surface area contributed by atoms with Gasteiger partial charge in [-0.1, -0.05) is 13.3 Å².